The first kappa shape index (κ1) is 21.0. The fourth-order valence-electron chi connectivity index (χ4n) is 3.29. The van der Waals surface area contributed by atoms with Crippen molar-refractivity contribution in [1.82, 2.24) is 4.98 Å². The molecule has 0 aliphatic carbocycles. The summed E-state index contributed by atoms with van der Waals surface area (Å²) >= 11 is 0. The average Bonchev–Trinajstić information content (AvgIpc) is 2.83. The molecular weight excluding hydrogens is 412 g/mol. The summed E-state index contributed by atoms with van der Waals surface area (Å²) in [6.07, 6.45) is 1.61. The summed E-state index contributed by atoms with van der Waals surface area (Å²) in [5.41, 5.74) is 2.37. The standard InChI is InChI=1S/C23H22N4O5/c1-30-19-12-16(8-9-18(19)22(28)31-2)25-17-13-20-21(24-14-17)27(10-11-32-20)23(29)26-15-6-4-3-5-7-15/h3-9,12-14,25H,10-11H2,1-2H3,(H,26,29). The van der Waals surface area contributed by atoms with Crippen molar-refractivity contribution in [3.8, 4) is 11.5 Å². The molecule has 9 nitrogen and oxygen atoms in total. The van der Waals surface area contributed by atoms with Gasteiger partial charge in [0.2, 0.25) is 0 Å². The maximum Gasteiger partial charge on any atom is 0.341 e. The van der Waals surface area contributed by atoms with Gasteiger partial charge in [-0.3, -0.25) is 4.90 Å². The van der Waals surface area contributed by atoms with E-state index in [1.165, 1.54) is 14.2 Å². The van der Waals surface area contributed by atoms with Crippen LogP contribution in [0.25, 0.3) is 0 Å². The van der Waals surface area contributed by atoms with Crippen LogP contribution in [0.3, 0.4) is 0 Å². The molecule has 0 radical (unpaired) electrons. The number of esters is 1. The number of hydrogen-bond acceptors (Lipinski definition) is 7. The van der Waals surface area contributed by atoms with Crippen molar-refractivity contribution in [2.75, 3.05) is 42.9 Å². The van der Waals surface area contributed by atoms with E-state index in [1.807, 2.05) is 30.3 Å². The minimum Gasteiger partial charge on any atom is -0.496 e. The molecule has 1 aliphatic rings. The molecule has 164 valence electrons. The van der Waals surface area contributed by atoms with Gasteiger partial charge in [-0.05, 0) is 24.3 Å². The van der Waals surface area contributed by atoms with Crippen LogP contribution in [0.5, 0.6) is 11.5 Å². The van der Waals surface area contributed by atoms with Gasteiger partial charge >= 0.3 is 12.0 Å². The van der Waals surface area contributed by atoms with Crippen molar-refractivity contribution in [3.05, 3.63) is 66.4 Å². The lowest BCUT2D eigenvalue weighted by molar-refractivity contribution is 0.0597. The topological polar surface area (TPSA) is 102 Å². The number of urea groups is 1. The Morgan fingerprint density at radius 3 is 2.59 bits per heavy atom. The van der Waals surface area contributed by atoms with Crippen molar-refractivity contribution in [3.63, 3.8) is 0 Å². The van der Waals surface area contributed by atoms with Crippen molar-refractivity contribution >= 4 is 34.9 Å². The number of ether oxygens (including phenoxy) is 3. The van der Waals surface area contributed by atoms with Gasteiger partial charge in [0.25, 0.3) is 0 Å². The van der Waals surface area contributed by atoms with Gasteiger partial charge in [0.05, 0.1) is 32.6 Å². The Balaban J connectivity index is 1.52. The molecule has 4 rings (SSSR count). The average molecular weight is 434 g/mol. The van der Waals surface area contributed by atoms with Crippen LogP contribution < -0.4 is 25.0 Å². The monoisotopic (exact) mass is 434 g/mol. The van der Waals surface area contributed by atoms with Crippen molar-refractivity contribution < 1.29 is 23.8 Å². The summed E-state index contributed by atoms with van der Waals surface area (Å²) in [6.45, 7) is 0.736. The highest BCUT2D eigenvalue weighted by Gasteiger charge is 2.25. The maximum absolute atomic E-state index is 12.7. The zero-order valence-electron chi connectivity index (χ0n) is 17.6. The molecule has 1 aliphatic heterocycles. The number of anilines is 4. The van der Waals surface area contributed by atoms with Crippen LogP contribution in [0.1, 0.15) is 10.4 Å². The van der Waals surface area contributed by atoms with Gasteiger partial charge in [-0.15, -0.1) is 0 Å². The van der Waals surface area contributed by atoms with Gasteiger partial charge in [-0.1, -0.05) is 18.2 Å². The molecular formula is C23H22N4O5. The number of methoxy groups -OCH3 is 2. The zero-order chi connectivity index (χ0) is 22.5. The summed E-state index contributed by atoms with van der Waals surface area (Å²) in [7, 11) is 2.80. The number of aromatic nitrogens is 1. The number of para-hydroxylation sites is 1. The second kappa shape index (κ2) is 9.25. The van der Waals surface area contributed by atoms with Crippen LogP contribution in [0.15, 0.2) is 60.8 Å². The molecule has 2 N–H and O–H groups in total. The minimum atomic E-state index is -0.480. The third-order valence-electron chi connectivity index (χ3n) is 4.83. The van der Waals surface area contributed by atoms with Gasteiger partial charge in [0.1, 0.15) is 17.9 Å². The van der Waals surface area contributed by atoms with Gasteiger partial charge in [-0.25, -0.2) is 14.6 Å². The summed E-state index contributed by atoms with van der Waals surface area (Å²) in [5, 5.41) is 6.07. The van der Waals surface area contributed by atoms with Crippen LogP contribution in [-0.2, 0) is 4.74 Å². The Kier molecular flexibility index (Phi) is 6.07. The van der Waals surface area contributed by atoms with Gasteiger partial charge in [0.15, 0.2) is 11.6 Å². The van der Waals surface area contributed by atoms with Gasteiger partial charge in [-0.2, -0.15) is 0 Å². The van der Waals surface area contributed by atoms with E-state index in [9.17, 15) is 9.59 Å². The maximum atomic E-state index is 12.7. The number of rotatable bonds is 5. The fraction of sp³-hybridized carbons (Fsp3) is 0.174. The first-order chi connectivity index (χ1) is 15.6. The van der Waals surface area contributed by atoms with Crippen LogP contribution in [0, 0.1) is 0 Å². The quantitative estimate of drug-likeness (QED) is 0.584. The number of carbonyl (C=O) groups excluding carboxylic acids is 2. The van der Waals surface area contributed by atoms with E-state index < -0.39 is 5.97 Å². The second-order valence-corrected chi connectivity index (χ2v) is 6.87. The first-order valence-electron chi connectivity index (χ1n) is 9.89. The van der Waals surface area contributed by atoms with E-state index in [2.05, 4.69) is 15.6 Å². The molecule has 0 atom stereocenters. The molecule has 0 fully saturated rings. The van der Waals surface area contributed by atoms with Crippen LogP contribution >= 0.6 is 0 Å². The van der Waals surface area contributed by atoms with E-state index in [1.54, 1.807) is 35.4 Å². The number of benzene rings is 2. The third kappa shape index (κ3) is 4.41. The lowest BCUT2D eigenvalue weighted by atomic mass is 10.1. The smallest absolute Gasteiger partial charge is 0.341 e. The molecule has 2 aromatic carbocycles. The summed E-state index contributed by atoms with van der Waals surface area (Å²) in [4.78, 5) is 30.6. The fourth-order valence-corrected chi connectivity index (χ4v) is 3.29. The Labute approximate surface area is 184 Å². The molecule has 0 unspecified atom stereocenters. The highest BCUT2D eigenvalue weighted by atomic mass is 16.5. The summed E-state index contributed by atoms with van der Waals surface area (Å²) in [6, 6.07) is 15.7. The Hall–Kier alpha value is -4.27. The summed E-state index contributed by atoms with van der Waals surface area (Å²) in [5.74, 6) is 0.829. The number of hydrogen-bond donors (Lipinski definition) is 2. The number of carbonyl (C=O) groups is 2. The van der Waals surface area contributed by atoms with Crippen molar-refractivity contribution in [2.45, 2.75) is 0 Å². The number of nitrogens with one attached hydrogen (secondary N) is 2. The van der Waals surface area contributed by atoms with E-state index >= 15 is 0 Å². The number of nitrogens with zero attached hydrogens (tertiary/aromatic N) is 2. The predicted molar refractivity (Wildman–Crippen MR) is 120 cm³/mol. The molecule has 0 saturated heterocycles. The summed E-state index contributed by atoms with van der Waals surface area (Å²) < 4.78 is 15.8. The number of amides is 2. The highest BCUT2D eigenvalue weighted by Crippen LogP contribution is 2.34. The molecule has 0 spiro atoms. The lowest BCUT2D eigenvalue weighted by Gasteiger charge is -2.28. The first-order valence-corrected chi connectivity index (χ1v) is 9.89. The van der Waals surface area contributed by atoms with Crippen LogP contribution in [0.2, 0.25) is 0 Å². The van der Waals surface area contributed by atoms with E-state index in [4.69, 9.17) is 14.2 Å². The van der Waals surface area contributed by atoms with Gasteiger partial charge < -0.3 is 24.8 Å². The number of pyridine rings is 1. The second-order valence-electron chi connectivity index (χ2n) is 6.87. The van der Waals surface area contributed by atoms with Crippen molar-refractivity contribution in [2.24, 2.45) is 0 Å². The Bertz CT molecular complexity index is 1140. The van der Waals surface area contributed by atoms with Crippen LogP contribution in [0.4, 0.5) is 27.7 Å². The zero-order valence-corrected chi connectivity index (χ0v) is 17.6. The minimum absolute atomic E-state index is 0.280. The molecule has 0 saturated carbocycles. The normalized spacial score (nSPS) is 12.2. The molecule has 3 aromatic rings. The largest absolute Gasteiger partial charge is 0.496 e. The molecule has 0 bridgehead atoms. The van der Waals surface area contributed by atoms with E-state index in [0.29, 0.717) is 53.1 Å². The van der Waals surface area contributed by atoms with E-state index in [0.717, 1.165) is 0 Å². The van der Waals surface area contributed by atoms with Crippen LogP contribution in [-0.4, -0.2) is 44.4 Å². The van der Waals surface area contributed by atoms with Gasteiger partial charge in [0, 0.05) is 23.5 Å². The molecule has 2 amide bonds. The Morgan fingerprint density at radius 1 is 1.03 bits per heavy atom. The van der Waals surface area contributed by atoms with Crippen molar-refractivity contribution in [1.29, 1.82) is 0 Å². The molecule has 1 aromatic heterocycles. The molecule has 9 heteroatoms. The third-order valence-corrected chi connectivity index (χ3v) is 4.83. The van der Waals surface area contributed by atoms with E-state index in [-0.39, 0.29) is 6.03 Å². The molecule has 2 heterocycles. The lowest BCUT2D eigenvalue weighted by Crippen LogP contribution is -2.41. The Morgan fingerprint density at radius 2 is 1.84 bits per heavy atom. The molecule has 32 heavy (non-hydrogen) atoms. The predicted octanol–water partition coefficient (Wildman–Crippen LogP) is 4.05. The number of fused-ring (bicyclic) bond motifs is 1. The highest BCUT2D eigenvalue weighted by molar-refractivity contribution is 6.02. The SMILES string of the molecule is COC(=O)c1ccc(Nc2cnc3c(c2)OCCN3C(=O)Nc2ccccc2)cc1OC.